The third-order valence-electron chi connectivity index (χ3n) is 6.00. The van der Waals surface area contributed by atoms with E-state index in [1.165, 1.54) is 11.3 Å². The molecule has 1 fully saturated rings. The van der Waals surface area contributed by atoms with Crippen LogP contribution in [0.3, 0.4) is 0 Å². The van der Waals surface area contributed by atoms with Gasteiger partial charge in [0.15, 0.2) is 0 Å². The molecule has 0 spiro atoms. The number of aryl methyl sites for hydroxylation is 1. The molecule has 0 saturated carbocycles. The molecule has 2 aromatic carbocycles. The molecule has 8 heteroatoms. The van der Waals surface area contributed by atoms with Crippen molar-refractivity contribution in [2.24, 2.45) is 0 Å². The average molecular weight is 502 g/mol. The smallest absolute Gasteiger partial charge is 0.271 e. The molecule has 1 N–H and O–H groups in total. The number of nitrogens with one attached hydrogen (secondary N) is 1. The third kappa shape index (κ3) is 5.94. The van der Waals surface area contributed by atoms with Crippen molar-refractivity contribution in [2.45, 2.75) is 38.6 Å². The van der Waals surface area contributed by atoms with Crippen LogP contribution in [0.25, 0.3) is 0 Å². The molecule has 0 aliphatic carbocycles. The van der Waals surface area contributed by atoms with Crippen LogP contribution in [0, 0.1) is 6.92 Å². The number of rotatable bonds is 6. The molecule has 0 radical (unpaired) electrons. The van der Waals surface area contributed by atoms with Gasteiger partial charge in [0.1, 0.15) is 5.69 Å². The van der Waals surface area contributed by atoms with Gasteiger partial charge < -0.3 is 10.2 Å². The molecule has 4 rings (SSSR count). The van der Waals surface area contributed by atoms with E-state index in [1.54, 1.807) is 0 Å². The monoisotopic (exact) mass is 501 g/mol. The molecule has 5 nitrogen and oxygen atoms in total. The molecule has 0 bridgehead atoms. The van der Waals surface area contributed by atoms with Gasteiger partial charge >= 0.3 is 0 Å². The van der Waals surface area contributed by atoms with Gasteiger partial charge in [-0.05, 0) is 54.7 Å². The summed E-state index contributed by atoms with van der Waals surface area (Å²) in [5.74, 6) is 0.178. The van der Waals surface area contributed by atoms with Gasteiger partial charge in [-0.3, -0.25) is 9.59 Å². The van der Waals surface area contributed by atoms with E-state index in [2.05, 4.69) is 10.3 Å². The van der Waals surface area contributed by atoms with Crippen molar-refractivity contribution in [3.05, 3.63) is 85.3 Å². The van der Waals surface area contributed by atoms with Crippen molar-refractivity contribution in [1.82, 2.24) is 15.2 Å². The van der Waals surface area contributed by atoms with Crippen LogP contribution in [-0.4, -0.2) is 34.8 Å². The van der Waals surface area contributed by atoms with Crippen molar-refractivity contribution in [3.8, 4) is 0 Å². The normalized spacial score (nSPS) is 14.3. The third-order valence-corrected chi connectivity index (χ3v) is 7.61. The zero-order valence-electron chi connectivity index (χ0n) is 18.3. The summed E-state index contributed by atoms with van der Waals surface area (Å²) >= 11 is 13.7. The first-order chi connectivity index (χ1) is 15.9. The molecule has 2 amide bonds. The number of hydrogen-bond acceptors (Lipinski definition) is 4. The summed E-state index contributed by atoms with van der Waals surface area (Å²) in [6.07, 6.45) is 2.00. The number of piperidine rings is 1. The number of benzene rings is 2. The second-order valence-electron chi connectivity index (χ2n) is 8.25. The number of hydrogen-bond donors (Lipinski definition) is 1. The highest BCUT2D eigenvalue weighted by molar-refractivity contribution is 7.09. The number of carbonyl (C=O) groups is 2. The Morgan fingerprint density at radius 1 is 1.12 bits per heavy atom. The molecule has 0 unspecified atom stereocenters. The van der Waals surface area contributed by atoms with Gasteiger partial charge in [0.05, 0.1) is 11.4 Å². The van der Waals surface area contributed by atoms with E-state index in [0.29, 0.717) is 41.8 Å². The standard InChI is InChI=1S/C25H25Cl2N3O2S/c1-16-12-20(26)7-6-19(16)14-28-24(32)22-15-33-25(29-22)17-8-10-30(11-9-17)23(31)13-18-4-2-3-5-21(18)27/h2-7,12,15,17H,8-11,13-14H2,1H3,(H,28,32). The Balaban J connectivity index is 1.29. The summed E-state index contributed by atoms with van der Waals surface area (Å²) in [6.45, 7) is 3.77. The maximum absolute atomic E-state index is 12.7. The predicted octanol–water partition coefficient (Wildman–Crippen LogP) is 5.64. The van der Waals surface area contributed by atoms with Crippen molar-refractivity contribution in [3.63, 3.8) is 0 Å². The number of nitrogens with zero attached hydrogens (tertiary/aromatic N) is 2. The number of thiazole rings is 1. The minimum atomic E-state index is -0.181. The summed E-state index contributed by atoms with van der Waals surface area (Å²) < 4.78 is 0. The molecule has 2 heterocycles. The molecule has 1 aliphatic rings. The molecule has 1 aromatic heterocycles. The molecular formula is C25H25Cl2N3O2S. The maximum atomic E-state index is 12.7. The zero-order valence-corrected chi connectivity index (χ0v) is 20.6. The quantitative estimate of drug-likeness (QED) is 0.475. The van der Waals surface area contributed by atoms with Crippen LogP contribution in [0.5, 0.6) is 0 Å². The van der Waals surface area contributed by atoms with Crippen LogP contribution in [-0.2, 0) is 17.8 Å². The van der Waals surface area contributed by atoms with E-state index in [9.17, 15) is 9.59 Å². The van der Waals surface area contributed by atoms with E-state index in [0.717, 1.165) is 34.5 Å². The largest absolute Gasteiger partial charge is 0.347 e. The minimum absolute atomic E-state index is 0.0956. The lowest BCUT2D eigenvalue weighted by Crippen LogP contribution is -2.38. The molecule has 1 aliphatic heterocycles. The summed E-state index contributed by atoms with van der Waals surface area (Å²) in [7, 11) is 0. The fourth-order valence-electron chi connectivity index (χ4n) is 4.00. The Labute approximate surface area is 207 Å². The molecule has 172 valence electrons. The van der Waals surface area contributed by atoms with Crippen LogP contribution >= 0.6 is 34.5 Å². The molecule has 3 aromatic rings. The first kappa shape index (κ1) is 23.7. The molecule has 0 atom stereocenters. The highest BCUT2D eigenvalue weighted by Gasteiger charge is 2.26. The highest BCUT2D eigenvalue weighted by Crippen LogP contribution is 2.31. The molecular weight excluding hydrogens is 477 g/mol. The van der Waals surface area contributed by atoms with Gasteiger partial charge in [-0.1, -0.05) is 47.5 Å². The van der Waals surface area contributed by atoms with Gasteiger partial charge in [-0.2, -0.15) is 0 Å². The Morgan fingerprint density at radius 2 is 1.88 bits per heavy atom. The predicted molar refractivity (Wildman–Crippen MR) is 133 cm³/mol. The number of halogens is 2. The van der Waals surface area contributed by atoms with Crippen molar-refractivity contribution < 1.29 is 9.59 Å². The Kier molecular flexibility index (Phi) is 7.68. The lowest BCUT2D eigenvalue weighted by molar-refractivity contribution is -0.131. The Morgan fingerprint density at radius 3 is 2.61 bits per heavy atom. The number of amides is 2. The second kappa shape index (κ2) is 10.7. The van der Waals surface area contributed by atoms with E-state index < -0.39 is 0 Å². The first-order valence-corrected chi connectivity index (χ1v) is 12.5. The topological polar surface area (TPSA) is 62.3 Å². The van der Waals surface area contributed by atoms with E-state index in [1.807, 2.05) is 59.7 Å². The lowest BCUT2D eigenvalue weighted by atomic mass is 9.97. The van der Waals surface area contributed by atoms with Crippen LogP contribution in [0.2, 0.25) is 10.0 Å². The summed E-state index contributed by atoms with van der Waals surface area (Å²) in [5.41, 5.74) is 3.36. The van der Waals surface area contributed by atoms with Crippen molar-refractivity contribution >= 4 is 46.4 Å². The Bertz CT molecular complexity index is 1160. The number of aromatic nitrogens is 1. The SMILES string of the molecule is Cc1cc(Cl)ccc1CNC(=O)c1csc(C2CCN(C(=O)Cc3ccccc3Cl)CC2)n1. The van der Waals surface area contributed by atoms with Crippen LogP contribution in [0.4, 0.5) is 0 Å². The zero-order chi connectivity index (χ0) is 23.4. The first-order valence-electron chi connectivity index (χ1n) is 10.9. The highest BCUT2D eigenvalue weighted by atomic mass is 35.5. The Hall–Kier alpha value is -2.41. The summed E-state index contributed by atoms with van der Waals surface area (Å²) in [4.78, 5) is 31.8. The van der Waals surface area contributed by atoms with Crippen molar-refractivity contribution in [2.75, 3.05) is 13.1 Å². The van der Waals surface area contributed by atoms with Crippen LogP contribution in [0.1, 0.15) is 50.9 Å². The summed E-state index contributed by atoms with van der Waals surface area (Å²) in [5, 5.41) is 7.02. The van der Waals surface area contributed by atoms with E-state index in [4.69, 9.17) is 23.2 Å². The fourth-order valence-corrected chi connectivity index (χ4v) is 5.40. The molecule has 1 saturated heterocycles. The van der Waals surface area contributed by atoms with Gasteiger partial charge in [0.25, 0.3) is 5.91 Å². The molecule has 33 heavy (non-hydrogen) atoms. The van der Waals surface area contributed by atoms with Crippen LogP contribution in [0.15, 0.2) is 47.8 Å². The van der Waals surface area contributed by atoms with Crippen LogP contribution < -0.4 is 5.32 Å². The fraction of sp³-hybridized carbons (Fsp3) is 0.320. The van der Waals surface area contributed by atoms with Crippen molar-refractivity contribution in [1.29, 1.82) is 0 Å². The number of carbonyl (C=O) groups excluding carboxylic acids is 2. The second-order valence-corrected chi connectivity index (χ2v) is 9.98. The van der Waals surface area contributed by atoms with Gasteiger partial charge in [0, 0.05) is 41.0 Å². The minimum Gasteiger partial charge on any atom is -0.347 e. The number of likely N-dealkylation sites (tertiary alicyclic amines) is 1. The lowest BCUT2D eigenvalue weighted by Gasteiger charge is -2.31. The average Bonchev–Trinajstić information content (AvgIpc) is 3.30. The van der Waals surface area contributed by atoms with Gasteiger partial charge in [-0.25, -0.2) is 4.98 Å². The van der Waals surface area contributed by atoms with E-state index >= 15 is 0 Å². The maximum Gasteiger partial charge on any atom is 0.271 e. The van der Waals surface area contributed by atoms with Gasteiger partial charge in [0.2, 0.25) is 5.91 Å². The van der Waals surface area contributed by atoms with E-state index in [-0.39, 0.29) is 17.7 Å². The summed E-state index contributed by atoms with van der Waals surface area (Å²) in [6, 6.07) is 13.1. The van der Waals surface area contributed by atoms with Gasteiger partial charge in [-0.15, -0.1) is 11.3 Å².